The van der Waals surface area contributed by atoms with Gasteiger partial charge in [0.15, 0.2) is 5.78 Å². The molecule has 0 heterocycles. The Morgan fingerprint density at radius 3 is 2.81 bits per heavy atom. The first kappa shape index (κ1) is 13.0. The normalized spacial score (nSPS) is 10.2. The predicted molar refractivity (Wildman–Crippen MR) is 61.9 cm³/mol. The fourth-order valence-corrected chi connectivity index (χ4v) is 1.60. The highest BCUT2D eigenvalue weighted by Gasteiger charge is 2.12. The number of alkyl halides is 1. The van der Waals surface area contributed by atoms with E-state index in [0.29, 0.717) is 17.9 Å². The van der Waals surface area contributed by atoms with Crippen molar-refractivity contribution in [1.82, 2.24) is 0 Å². The summed E-state index contributed by atoms with van der Waals surface area (Å²) < 4.78 is 17.9. The molecule has 0 amide bonds. The number of rotatable bonds is 6. The Hall–Kier alpha value is -1.09. The molecular formula is C12H14ClFO2. The van der Waals surface area contributed by atoms with E-state index in [2.05, 4.69) is 0 Å². The number of unbranched alkanes of at least 4 members (excludes halogenated alkanes) is 1. The molecule has 88 valence electrons. The average molecular weight is 245 g/mol. The fourth-order valence-electron chi connectivity index (χ4n) is 1.41. The number of hydrogen-bond donors (Lipinski definition) is 0. The highest BCUT2D eigenvalue weighted by atomic mass is 35.5. The molecule has 0 aliphatic rings. The molecule has 0 fully saturated rings. The van der Waals surface area contributed by atoms with E-state index in [4.69, 9.17) is 16.3 Å². The van der Waals surface area contributed by atoms with Crippen LogP contribution in [0.25, 0.3) is 0 Å². The summed E-state index contributed by atoms with van der Waals surface area (Å²) in [6.45, 7) is 0. The largest absolute Gasteiger partial charge is 0.496 e. The predicted octanol–water partition coefficient (Wildman–Crippen LogP) is 3.43. The van der Waals surface area contributed by atoms with Gasteiger partial charge in [-0.25, -0.2) is 4.39 Å². The number of ether oxygens (including phenoxy) is 1. The lowest BCUT2D eigenvalue weighted by atomic mass is 10.0. The van der Waals surface area contributed by atoms with Crippen molar-refractivity contribution in [2.45, 2.75) is 19.3 Å². The number of ketones is 1. The average Bonchev–Trinajstić information content (AvgIpc) is 2.29. The van der Waals surface area contributed by atoms with E-state index in [-0.39, 0.29) is 11.5 Å². The van der Waals surface area contributed by atoms with Crippen molar-refractivity contribution in [3.63, 3.8) is 0 Å². The molecule has 0 saturated carbocycles. The summed E-state index contributed by atoms with van der Waals surface area (Å²) in [5, 5.41) is 0. The van der Waals surface area contributed by atoms with Gasteiger partial charge in [0.05, 0.1) is 12.7 Å². The summed E-state index contributed by atoms with van der Waals surface area (Å²) in [6, 6.07) is 3.93. The third-order valence-electron chi connectivity index (χ3n) is 2.25. The minimum absolute atomic E-state index is 0.0398. The summed E-state index contributed by atoms with van der Waals surface area (Å²) >= 11 is 5.52. The summed E-state index contributed by atoms with van der Waals surface area (Å²) in [6.07, 6.45) is 1.95. The molecule has 0 bridgehead atoms. The van der Waals surface area contributed by atoms with E-state index in [1.54, 1.807) is 0 Å². The lowest BCUT2D eigenvalue weighted by molar-refractivity contribution is 0.0977. The summed E-state index contributed by atoms with van der Waals surface area (Å²) in [5.74, 6) is 0.389. The zero-order chi connectivity index (χ0) is 12.0. The number of Topliss-reactive ketones (excluding diaryl/α,β-unsaturated/α-hetero) is 1. The van der Waals surface area contributed by atoms with Crippen molar-refractivity contribution in [3.05, 3.63) is 29.6 Å². The third kappa shape index (κ3) is 3.49. The lowest BCUT2D eigenvalue weighted by Crippen LogP contribution is -2.02. The summed E-state index contributed by atoms with van der Waals surface area (Å²) in [5.41, 5.74) is 0.429. The van der Waals surface area contributed by atoms with Crippen LogP contribution in [-0.2, 0) is 0 Å². The van der Waals surface area contributed by atoms with E-state index < -0.39 is 5.82 Å². The van der Waals surface area contributed by atoms with Gasteiger partial charge in [-0.15, -0.1) is 11.6 Å². The number of carbonyl (C=O) groups excluding carboxylic acids is 1. The Morgan fingerprint density at radius 1 is 1.44 bits per heavy atom. The topological polar surface area (TPSA) is 26.3 Å². The maximum absolute atomic E-state index is 12.9. The van der Waals surface area contributed by atoms with Gasteiger partial charge in [0.25, 0.3) is 0 Å². The van der Waals surface area contributed by atoms with Crippen LogP contribution in [0.4, 0.5) is 4.39 Å². The van der Waals surface area contributed by atoms with Gasteiger partial charge in [0, 0.05) is 18.4 Å². The monoisotopic (exact) mass is 244 g/mol. The Balaban J connectivity index is 2.74. The molecule has 4 heteroatoms. The Kier molecular flexibility index (Phi) is 5.26. The van der Waals surface area contributed by atoms with Crippen molar-refractivity contribution in [2.75, 3.05) is 13.0 Å². The zero-order valence-electron chi connectivity index (χ0n) is 9.13. The third-order valence-corrected chi connectivity index (χ3v) is 2.52. The second-order valence-corrected chi connectivity index (χ2v) is 3.79. The summed E-state index contributed by atoms with van der Waals surface area (Å²) in [4.78, 5) is 11.8. The Labute approximate surface area is 99.4 Å². The highest BCUT2D eigenvalue weighted by Crippen LogP contribution is 2.21. The molecule has 0 N–H and O–H groups in total. The van der Waals surface area contributed by atoms with Gasteiger partial charge >= 0.3 is 0 Å². The van der Waals surface area contributed by atoms with E-state index in [0.717, 1.165) is 12.8 Å². The molecule has 0 aromatic heterocycles. The molecule has 0 aliphatic heterocycles. The number of halogens is 2. The molecule has 16 heavy (non-hydrogen) atoms. The standard InChI is InChI=1S/C12H14ClFO2/c1-16-12-8-9(14)5-6-10(12)11(15)4-2-3-7-13/h5-6,8H,2-4,7H2,1H3. The molecular weight excluding hydrogens is 231 g/mol. The molecule has 1 rings (SSSR count). The molecule has 0 aliphatic carbocycles. The van der Waals surface area contributed by atoms with Gasteiger partial charge in [-0.05, 0) is 25.0 Å². The van der Waals surface area contributed by atoms with E-state index in [1.165, 1.54) is 25.3 Å². The van der Waals surface area contributed by atoms with Crippen LogP contribution in [0.1, 0.15) is 29.6 Å². The van der Waals surface area contributed by atoms with Crippen molar-refractivity contribution in [3.8, 4) is 5.75 Å². The zero-order valence-corrected chi connectivity index (χ0v) is 9.89. The summed E-state index contributed by atoms with van der Waals surface area (Å²) in [7, 11) is 1.42. The quantitative estimate of drug-likeness (QED) is 0.435. The molecule has 0 unspecified atom stereocenters. The van der Waals surface area contributed by atoms with Gasteiger partial charge in [0.1, 0.15) is 11.6 Å². The second-order valence-electron chi connectivity index (χ2n) is 3.41. The van der Waals surface area contributed by atoms with Crippen molar-refractivity contribution in [1.29, 1.82) is 0 Å². The molecule has 0 spiro atoms. The molecule has 0 atom stereocenters. The number of carbonyl (C=O) groups is 1. The van der Waals surface area contributed by atoms with Crippen LogP contribution < -0.4 is 4.74 Å². The van der Waals surface area contributed by atoms with Crippen LogP contribution in [0.3, 0.4) is 0 Å². The first-order valence-electron chi connectivity index (χ1n) is 5.11. The van der Waals surface area contributed by atoms with Crippen LogP contribution in [0.15, 0.2) is 18.2 Å². The number of benzene rings is 1. The van der Waals surface area contributed by atoms with Gasteiger partial charge in [-0.3, -0.25) is 4.79 Å². The van der Waals surface area contributed by atoms with Gasteiger partial charge in [-0.2, -0.15) is 0 Å². The smallest absolute Gasteiger partial charge is 0.166 e. The first-order valence-corrected chi connectivity index (χ1v) is 5.65. The SMILES string of the molecule is COc1cc(F)ccc1C(=O)CCCCCl. The van der Waals surface area contributed by atoms with Crippen LogP contribution >= 0.6 is 11.6 Å². The van der Waals surface area contributed by atoms with Gasteiger partial charge in [0.2, 0.25) is 0 Å². The Morgan fingerprint density at radius 2 is 2.19 bits per heavy atom. The van der Waals surface area contributed by atoms with E-state index >= 15 is 0 Å². The Bertz CT molecular complexity index is 366. The second kappa shape index (κ2) is 6.48. The lowest BCUT2D eigenvalue weighted by Gasteiger charge is -2.07. The number of hydrogen-bond acceptors (Lipinski definition) is 2. The van der Waals surface area contributed by atoms with Crippen LogP contribution in [-0.4, -0.2) is 18.8 Å². The van der Waals surface area contributed by atoms with E-state index in [1.807, 2.05) is 0 Å². The molecule has 1 aromatic rings. The van der Waals surface area contributed by atoms with Crippen LogP contribution in [0.5, 0.6) is 5.75 Å². The van der Waals surface area contributed by atoms with Crippen LogP contribution in [0.2, 0.25) is 0 Å². The minimum atomic E-state index is -0.408. The maximum atomic E-state index is 12.9. The molecule has 1 aromatic carbocycles. The van der Waals surface area contributed by atoms with Gasteiger partial charge in [-0.1, -0.05) is 0 Å². The van der Waals surface area contributed by atoms with Crippen molar-refractivity contribution in [2.24, 2.45) is 0 Å². The van der Waals surface area contributed by atoms with Gasteiger partial charge < -0.3 is 4.74 Å². The minimum Gasteiger partial charge on any atom is -0.496 e. The van der Waals surface area contributed by atoms with Crippen LogP contribution in [0, 0.1) is 5.82 Å². The van der Waals surface area contributed by atoms with Crippen molar-refractivity contribution >= 4 is 17.4 Å². The van der Waals surface area contributed by atoms with E-state index in [9.17, 15) is 9.18 Å². The molecule has 0 radical (unpaired) electrons. The maximum Gasteiger partial charge on any atom is 0.166 e. The highest BCUT2D eigenvalue weighted by molar-refractivity contribution is 6.17. The molecule has 2 nitrogen and oxygen atoms in total. The molecule has 0 saturated heterocycles. The first-order chi connectivity index (χ1) is 7.69. The fraction of sp³-hybridized carbons (Fsp3) is 0.417. The van der Waals surface area contributed by atoms with Crippen molar-refractivity contribution < 1.29 is 13.9 Å². The number of methoxy groups -OCH3 is 1.